The van der Waals surface area contributed by atoms with Crippen LogP contribution in [-0.4, -0.2) is 56.9 Å². The molecule has 2 unspecified atom stereocenters. The van der Waals surface area contributed by atoms with E-state index in [0.29, 0.717) is 11.1 Å². The Bertz CT molecular complexity index is 791. The molecule has 0 heterocycles. The summed E-state index contributed by atoms with van der Waals surface area (Å²) in [7, 11) is 0. The fraction of sp³-hybridized carbons (Fsp3) is 0.111. The lowest BCUT2D eigenvalue weighted by Crippen LogP contribution is -2.47. The van der Waals surface area contributed by atoms with Gasteiger partial charge in [-0.15, -0.1) is 0 Å². The maximum atomic E-state index is 11.7. The molecule has 0 saturated heterocycles. The van der Waals surface area contributed by atoms with Crippen LogP contribution in [0.1, 0.15) is 11.1 Å². The fourth-order valence-corrected chi connectivity index (χ4v) is 1.88. The van der Waals surface area contributed by atoms with E-state index >= 15 is 0 Å². The third-order valence-electron chi connectivity index (χ3n) is 3.40. The Labute approximate surface area is 159 Å². The number of benzene rings is 2. The number of aliphatic hydroxyl groups is 2. The number of rotatable bonds is 7. The Morgan fingerprint density at radius 1 is 0.714 bits per heavy atom. The van der Waals surface area contributed by atoms with E-state index < -0.39 is 24.0 Å². The molecule has 0 bridgehead atoms. The number of hydrogen-bond donors (Lipinski definition) is 6. The van der Waals surface area contributed by atoms with E-state index in [0.717, 1.165) is 0 Å². The average Bonchev–Trinajstić information content (AvgIpc) is 2.69. The summed E-state index contributed by atoms with van der Waals surface area (Å²) in [6.07, 6.45) is -1.64. The number of nitrogens with one attached hydrogen (secondary N) is 2. The maximum absolute atomic E-state index is 11.7. The van der Waals surface area contributed by atoms with Crippen LogP contribution < -0.4 is 10.9 Å². The first-order valence-electron chi connectivity index (χ1n) is 7.97. The van der Waals surface area contributed by atoms with Gasteiger partial charge in [-0.1, -0.05) is 0 Å². The molecule has 28 heavy (non-hydrogen) atoms. The smallest absolute Gasteiger partial charge is 0.272 e. The molecule has 2 aromatic rings. The van der Waals surface area contributed by atoms with E-state index in [-0.39, 0.29) is 11.5 Å². The molecule has 0 aliphatic rings. The lowest BCUT2D eigenvalue weighted by Gasteiger charge is -2.14. The molecule has 10 heteroatoms. The number of aromatic hydroxyl groups is 2. The largest absolute Gasteiger partial charge is 0.508 e. The molecular formula is C18H18N4O6. The Kier molecular flexibility index (Phi) is 7.20. The molecule has 0 saturated carbocycles. The third kappa shape index (κ3) is 6.20. The van der Waals surface area contributed by atoms with Gasteiger partial charge in [-0.05, 0) is 59.7 Å². The van der Waals surface area contributed by atoms with Crippen molar-refractivity contribution < 1.29 is 30.0 Å². The fourth-order valence-electron chi connectivity index (χ4n) is 1.88. The maximum Gasteiger partial charge on any atom is 0.272 e. The van der Waals surface area contributed by atoms with Gasteiger partial charge in [-0.2, -0.15) is 10.2 Å². The number of phenols is 2. The number of carbonyl (C=O) groups excluding carboxylic acids is 2. The summed E-state index contributed by atoms with van der Waals surface area (Å²) in [6.45, 7) is 0. The molecule has 0 spiro atoms. The van der Waals surface area contributed by atoms with Crippen LogP contribution in [0.4, 0.5) is 0 Å². The Balaban J connectivity index is 1.83. The lowest BCUT2D eigenvalue weighted by atomic mass is 10.2. The van der Waals surface area contributed by atoms with Crippen LogP contribution in [-0.2, 0) is 9.59 Å². The molecule has 2 aromatic carbocycles. The minimum atomic E-state index is -2.07. The van der Waals surface area contributed by atoms with Crippen molar-refractivity contribution in [3.8, 4) is 11.5 Å². The molecule has 0 aliphatic heterocycles. The second-order valence-corrected chi connectivity index (χ2v) is 5.54. The summed E-state index contributed by atoms with van der Waals surface area (Å²) in [5, 5.41) is 44.9. The number of carbonyl (C=O) groups is 2. The van der Waals surface area contributed by atoms with Crippen LogP contribution in [0.25, 0.3) is 0 Å². The highest BCUT2D eigenvalue weighted by Gasteiger charge is 2.30. The second kappa shape index (κ2) is 9.80. The number of amides is 2. The minimum Gasteiger partial charge on any atom is -0.508 e. The standard InChI is InChI=1S/C18H18N4O6/c23-13-5-1-11(2-6-13)9-19-21-17(27)15(25)16(26)18(28)22-20-10-12-3-7-14(24)8-4-12/h1-10,15-16,23-26H,(H,21,27)(H,22,28). The van der Waals surface area contributed by atoms with E-state index in [1.165, 1.54) is 61.0 Å². The highest BCUT2D eigenvalue weighted by atomic mass is 16.3. The normalized spacial score (nSPS) is 13.4. The third-order valence-corrected chi connectivity index (χ3v) is 3.40. The van der Waals surface area contributed by atoms with Crippen molar-refractivity contribution in [2.75, 3.05) is 0 Å². The van der Waals surface area contributed by atoms with Crippen molar-refractivity contribution in [3.63, 3.8) is 0 Å². The number of hydrazone groups is 2. The van der Waals surface area contributed by atoms with E-state index in [1.807, 2.05) is 10.9 Å². The minimum absolute atomic E-state index is 0.0683. The Morgan fingerprint density at radius 2 is 1.04 bits per heavy atom. The zero-order chi connectivity index (χ0) is 20.5. The first-order valence-corrected chi connectivity index (χ1v) is 7.97. The lowest BCUT2D eigenvalue weighted by molar-refractivity contribution is -0.146. The van der Waals surface area contributed by atoms with Crippen LogP contribution in [0.3, 0.4) is 0 Å². The molecule has 0 radical (unpaired) electrons. The van der Waals surface area contributed by atoms with Gasteiger partial charge in [0.15, 0.2) is 12.2 Å². The van der Waals surface area contributed by atoms with Gasteiger partial charge < -0.3 is 20.4 Å². The molecule has 10 nitrogen and oxygen atoms in total. The quantitative estimate of drug-likeness (QED) is 0.275. The van der Waals surface area contributed by atoms with Crippen molar-refractivity contribution >= 4 is 24.2 Å². The van der Waals surface area contributed by atoms with Crippen LogP contribution >= 0.6 is 0 Å². The van der Waals surface area contributed by atoms with Crippen molar-refractivity contribution in [2.24, 2.45) is 10.2 Å². The number of aliphatic hydroxyl groups excluding tert-OH is 2. The topological polar surface area (TPSA) is 164 Å². The average molecular weight is 386 g/mol. The highest BCUT2D eigenvalue weighted by molar-refractivity contribution is 5.91. The van der Waals surface area contributed by atoms with Gasteiger partial charge in [0, 0.05) is 0 Å². The molecule has 2 rings (SSSR count). The molecule has 0 aromatic heterocycles. The van der Waals surface area contributed by atoms with Gasteiger partial charge in [0.25, 0.3) is 11.8 Å². The predicted molar refractivity (Wildman–Crippen MR) is 99.7 cm³/mol. The van der Waals surface area contributed by atoms with Gasteiger partial charge in [-0.25, -0.2) is 10.9 Å². The van der Waals surface area contributed by atoms with E-state index in [4.69, 9.17) is 10.2 Å². The zero-order valence-corrected chi connectivity index (χ0v) is 14.4. The van der Waals surface area contributed by atoms with Crippen LogP contribution in [0, 0.1) is 0 Å². The summed E-state index contributed by atoms with van der Waals surface area (Å²) in [6, 6.07) is 11.8. The molecular weight excluding hydrogens is 368 g/mol. The number of hydrogen-bond acceptors (Lipinski definition) is 8. The SMILES string of the molecule is O=C(NN=Cc1ccc(O)cc1)C(O)C(O)C(=O)NN=Cc1ccc(O)cc1. The second-order valence-electron chi connectivity index (χ2n) is 5.54. The van der Waals surface area contributed by atoms with Crippen molar-refractivity contribution in [1.29, 1.82) is 0 Å². The molecule has 2 amide bonds. The monoisotopic (exact) mass is 386 g/mol. The van der Waals surface area contributed by atoms with Gasteiger partial charge in [0.05, 0.1) is 12.4 Å². The van der Waals surface area contributed by atoms with Crippen molar-refractivity contribution in [2.45, 2.75) is 12.2 Å². The highest BCUT2D eigenvalue weighted by Crippen LogP contribution is 2.08. The first-order chi connectivity index (χ1) is 13.4. The summed E-state index contributed by atoms with van der Waals surface area (Å²) in [5.41, 5.74) is 5.10. The summed E-state index contributed by atoms with van der Waals surface area (Å²) < 4.78 is 0. The molecule has 2 atom stereocenters. The van der Waals surface area contributed by atoms with Gasteiger partial charge in [0.1, 0.15) is 11.5 Å². The van der Waals surface area contributed by atoms with Gasteiger partial charge in [0.2, 0.25) is 0 Å². The summed E-state index contributed by atoms with van der Waals surface area (Å²) in [4.78, 5) is 23.5. The van der Waals surface area contributed by atoms with E-state index in [9.17, 15) is 19.8 Å². The molecule has 146 valence electrons. The predicted octanol–water partition coefficient (Wildman–Crippen LogP) is -0.580. The van der Waals surface area contributed by atoms with E-state index in [2.05, 4.69) is 10.2 Å². The first kappa shape index (κ1) is 20.6. The molecule has 6 N–H and O–H groups in total. The molecule has 0 fully saturated rings. The van der Waals surface area contributed by atoms with Crippen molar-refractivity contribution in [1.82, 2.24) is 10.9 Å². The zero-order valence-electron chi connectivity index (χ0n) is 14.4. The van der Waals surface area contributed by atoms with Gasteiger partial charge in [-0.3, -0.25) is 9.59 Å². The number of nitrogens with zero attached hydrogens (tertiary/aromatic N) is 2. The Hall–Kier alpha value is -3.76. The van der Waals surface area contributed by atoms with Gasteiger partial charge >= 0.3 is 0 Å². The summed E-state index contributed by atoms with van der Waals surface area (Å²) in [5.74, 6) is -2.06. The van der Waals surface area contributed by atoms with Crippen molar-refractivity contribution in [3.05, 3.63) is 59.7 Å². The summed E-state index contributed by atoms with van der Waals surface area (Å²) >= 11 is 0. The molecule has 0 aliphatic carbocycles. The number of phenolic OH excluding ortho intramolecular Hbond substituents is 2. The van der Waals surface area contributed by atoms with Crippen LogP contribution in [0.2, 0.25) is 0 Å². The Morgan fingerprint density at radius 3 is 1.36 bits per heavy atom. The van der Waals surface area contributed by atoms with Crippen LogP contribution in [0.5, 0.6) is 11.5 Å². The van der Waals surface area contributed by atoms with Crippen LogP contribution in [0.15, 0.2) is 58.7 Å². The van der Waals surface area contributed by atoms with E-state index in [1.54, 1.807) is 0 Å².